The SMILES string of the molecule is COCCOc1ccc(NC(=O)NCCC(=O)O)cc1F. The maximum atomic E-state index is 13.7. The average molecular weight is 300 g/mol. The topological polar surface area (TPSA) is 96.9 Å². The number of nitrogens with one attached hydrogen (secondary N) is 2. The largest absolute Gasteiger partial charge is 0.488 e. The van der Waals surface area contributed by atoms with E-state index in [1.54, 1.807) is 0 Å². The van der Waals surface area contributed by atoms with E-state index in [0.717, 1.165) is 6.07 Å². The number of hydrogen-bond acceptors (Lipinski definition) is 4. The molecule has 0 spiro atoms. The summed E-state index contributed by atoms with van der Waals surface area (Å²) in [5.41, 5.74) is 0.236. The van der Waals surface area contributed by atoms with E-state index in [4.69, 9.17) is 14.6 Å². The van der Waals surface area contributed by atoms with Gasteiger partial charge in [-0.05, 0) is 12.1 Å². The minimum Gasteiger partial charge on any atom is -0.488 e. The molecule has 116 valence electrons. The number of benzene rings is 1. The van der Waals surface area contributed by atoms with Crippen molar-refractivity contribution in [3.8, 4) is 5.75 Å². The van der Waals surface area contributed by atoms with E-state index in [-0.39, 0.29) is 31.0 Å². The third-order valence-electron chi connectivity index (χ3n) is 2.36. The maximum absolute atomic E-state index is 13.7. The average Bonchev–Trinajstić information content (AvgIpc) is 2.41. The summed E-state index contributed by atoms with van der Waals surface area (Å²) >= 11 is 0. The van der Waals surface area contributed by atoms with Gasteiger partial charge in [-0.1, -0.05) is 0 Å². The molecule has 0 radical (unpaired) electrons. The third kappa shape index (κ3) is 6.57. The monoisotopic (exact) mass is 300 g/mol. The Morgan fingerprint density at radius 3 is 2.71 bits per heavy atom. The first-order valence-corrected chi connectivity index (χ1v) is 6.21. The molecule has 0 unspecified atom stereocenters. The van der Waals surface area contributed by atoms with Crippen molar-refractivity contribution < 1.29 is 28.6 Å². The van der Waals surface area contributed by atoms with Crippen LogP contribution >= 0.6 is 0 Å². The zero-order valence-electron chi connectivity index (χ0n) is 11.5. The van der Waals surface area contributed by atoms with Gasteiger partial charge < -0.3 is 25.2 Å². The molecule has 8 heteroatoms. The molecule has 0 aliphatic carbocycles. The van der Waals surface area contributed by atoms with E-state index in [9.17, 15) is 14.0 Å². The number of ether oxygens (including phenoxy) is 2. The fourth-order valence-corrected chi connectivity index (χ4v) is 1.39. The van der Waals surface area contributed by atoms with Crippen LogP contribution in [0.15, 0.2) is 18.2 Å². The Balaban J connectivity index is 2.47. The lowest BCUT2D eigenvalue weighted by Crippen LogP contribution is -2.30. The molecule has 1 aromatic rings. The second-order valence-corrected chi connectivity index (χ2v) is 4.01. The first kappa shape index (κ1) is 16.7. The van der Waals surface area contributed by atoms with Gasteiger partial charge in [-0.25, -0.2) is 9.18 Å². The van der Waals surface area contributed by atoms with Crippen LogP contribution in [0.3, 0.4) is 0 Å². The Kier molecular flexibility index (Phi) is 6.96. The van der Waals surface area contributed by atoms with Crippen molar-refractivity contribution in [3.63, 3.8) is 0 Å². The number of anilines is 1. The molecule has 0 aromatic heterocycles. The van der Waals surface area contributed by atoms with Crippen molar-refractivity contribution >= 4 is 17.7 Å². The number of urea groups is 1. The van der Waals surface area contributed by atoms with Gasteiger partial charge in [0.05, 0.1) is 13.0 Å². The number of amides is 2. The summed E-state index contributed by atoms with van der Waals surface area (Å²) in [6.45, 7) is 0.545. The van der Waals surface area contributed by atoms with E-state index in [1.165, 1.54) is 19.2 Å². The zero-order chi connectivity index (χ0) is 15.7. The Morgan fingerprint density at radius 2 is 2.10 bits per heavy atom. The summed E-state index contributed by atoms with van der Waals surface area (Å²) in [5, 5.41) is 13.2. The lowest BCUT2D eigenvalue weighted by atomic mass is 10.3. The number of hydrogen-bond donors (Lipinski definition) is 3. The molecule has 0 saturated carbocycles. The number of carbonyl (C=O) groups is 2. The molecule has 0 saturated heterocycles. The van der Waals surface area contributed by atoms with Gasteiger partial charge in [-0.3, -0.25) is 4.79 Å². The summed E-state index contributed by atoms with van der Waals surface area (Å²) in [5.74, 6) is -1.57. The first-order chi connectivity index (χ1) is 10.0. The smallest absolute Gasteiger partial charge is 0.319 e. The van der Waals surface area contributed by atoms with Crippen molar-refractivity contribution in [2.24, 2.45) is 0 Å². The van der Waals surface area contributed by atoms with Gasteiger partial charge in [0.15, 0.2) is 11.6 Å². The number of aliphatic carboxylic acids is 1. The number of carboxylic acid groups (broad SMARTS) is 1. The number of carboxylic acids is 1. The highest BCUT2D eigenvalue weighted by atomic mass is 19.1. The van der Waals surface area contributed by atoms with Gasteiger partial charge in [0.2, 0.25) is 0 Å². The zero-order valence-corrected chi connectivity index (χ0v) is 11.5. The van der Waals surface area contributed by atoms with Gasteiger partial charge in [-0.2, -0.15) is 0 Å². The molecule has 0 aliphatic rings. The minimum absolute atomic E-state index is 0.0120. The highest BCUT2D eigenvalue weighted by Crippen LogP contribution is 2.21. The Labute approximate surface area is 121 Å². The van der Waals surface area contributed by atoms with E-state index in [1.807, 2.05) is 0 Å². The molecule has 2 amide bonds. The summed E-state index contributed by atoms with van der Waals surface area (Å²) in [7, 11) is 1.51. The normalized spacial score (nSPS) is 10.0. The molecule has 1 rings (SSSR count). The Bertz CT molecular complexity index is 495. The van der Waals surface area contributed by atoms with Crippen molar-refractivity contribution in [2.45, 2.75) is 6.42 Å². The van der Waals surface area contributed by atoms with Crippen LogP contribution in [-0.2, 0) is 9.53 Å². The second kappa shape index (κ2) is 8.75. The van der Waals surface area contributed by atoms with Crippen molar-refractivity contribution in [3.05, 3.63) is 24.0 Å². The van der Waals surface area contributed by atoms with Crippen LogP contribution in [0.25, 0.3) is 0 Å². The fraction of sp³-hybridized carbons (Fsp3) is 0.385. The number of methoxy groups -OCH3 is 1. The standard InChI is InChI=1S/C13H17FN2O5/c1-20-6-7-21-11-3-2-9(8-10(11)14)16-13(19)15-5-4-12(17)18/h2-3,8H,4-7H2,1H3,(H,17,18)(H2,15,16,19). The van der Waals surface area contributed by atoms with Crippen molar-refractivity contribution in [1.82, 2.24) is 5.32 Å². The highest BCUT2D eigenvalue weighted by Gasteiger charge is 2.07. The quantitative estimate of drug-likeness (QED) is 0.631. The molecule has 7 nitrogen and oxygen atoms in total. The van der Waals surface area contributed by atoms with Crippen molar-refractivity contribution in [2.75, 3.05) is 32.2 Å². The van der Waals surface area contributed by atoms with Gasteiger partial charge in [-0.15, -0.1) is 0 Å². The summed E-state index contributed by atoms with van der Waals surface area (Å²) in [6.07, 6.45) is -0.186. The summed E-state index contributed by atoms with van der Waals surface area (Å²) < 4.78 is 23.6. The van der Waals surface area contributed by atoms with Gasteiger partial charge in [0.1, 0.15) is 6.61 Å². The van der Waals surface area contributed by atoms with Gasteiger partial charge >= 0.3 is 12.0 Å². The van der Waals surface area contributed by atoms with Crippen LogP contribution in [0.4, 0.5) is 14.9 Å². The molecule has 21 heavy (non-hydrogen) atoms. The summed E-state index contributed by atoms with van der Waals surface area (Å²) in [4.78, 5) is 21.7. The lowest BCUT2D eigenvalue weighted by Gasteiger charge is -2.10. The molecule has 1 aromatic carbocycles. The third-order valence-corrected chi connectivity index (χ3v) is 2.36. The van der Waals surface area contributed by atoms with Gasteiger partial charge in [0, 0.05) is 25.4 Å². The second-order valence-electron chi connectivity index (χ2n) is 4.01. The molecule has 0 bridgehead atoms. The lowest BCUT2D eigenvalue weighted by molar-refractivity contribution is -0.136. The van der Waals surface area contributed by atoms with E-state index in [2.05, 4.69) is 10.6 Å². The van der Waals surface area contributed by atoms with Crippen LogP contribution < -0.4 is 15.4 Å². The predicted molar refractivity (Wildman–Crippen MR) is 73.0 cm³/mol. The van der Waals surface area contributed by atoms with Crippen LogP contribution in [0.5, 0.6) is 5.75 Å². The van der Waals surface area contributed by atoms with Gasteiger partial charge in [0.25, 0.3) is 0 Å². The van der Waals surface area contributed by atoms with Crippen LogP contribution in [0.2, 0.25) is 0 Å². The van der Waals surface area contributed by atoms with E-state index >= 15 is 0 Å². The molecule has 3 N–H and O–H groups in total. The molecule has 0 aliphatic heterocycles. The molecular formula is C13H17FN2O5. The molecule has 0 fully saturated rings. The fourth-order valence-electron chi connectivity index (χ4n) is 1.39. The van der Waals surface area contributed by atoms with Crippen molar-refractivity contribution in [1.29, 1.82) is 0 Å². The number of carbonyl (C=O) groups excluding carboxylic acids is 1. The number of rotatable bonds is 8. The number of halogens is 1. The summed E-state index contributed by atoms with van der Waals surface area (Å²) in [6, 6.07) is 3.36. The molecule has 0 heterocycles. The molecular weight excluding hydrogens is 283 g/mol. The highest BCUT2D eigenvalue weighted by molar-refractivity contribution is 5.89. The minimum atomic E-state index is -1.01. The van der Waals surface area contributed by atoms with E-state index < -0.39 is 17.8 Å². The molecule has 0 atom stereocenters. The maximum Gasteiger partial charge on any atom is 0.319 e. The van der Waals surface area contributed by atoms with Crippen LogP contribution in [0, 0.1) is 5.82 Å². The van der Waals surface area contributed by atoms with Crippen LogP contribution in [0.1, 0.15) is 6.42 Å². The van der Waals surface area contributed by atoms with Crippen LogP contribution in [-0.4, -0.2) is 44.0 Å². The predicted octanol–water partition coefficient (Wildman–Crippen LogP) is 1.45. The first-order valence-electron chi connectivity index (χ1n) is 6.21. The Morgan fingerprint density at radius 1 is 1.33 bits per heavy atom. The Hall–Kier alpha value is -2.35. The van der Waals surface area contributed by atoms with E-state index in [0.29, 0.717) is 6.61 Å².